The SMILES string of the molecule is N#Cc1cccc(S(=O)(=O)NCCCc2nc3ccccc3s2)c1. The van der Waals surface area contributed by atoms with Crippen LogP contribution in [-0.4, -0.2) is 19.9 Å². The maximum atomic E-state index is 12.2. The van der Waals surface area contributed by atoms with Gasteiger partial charge in [-0.15, -0.1) is 11.3 Å². The number of aryl methyl sites for hydroxylation is 1. The quantitative estimate of drug-likeness (QED) is 0.687. The van der Waals surface area contributed by atoms with Crippen molar-refractivity contribution in [3.63, 3.8) is 0 Å². The predicted octanol–water partition coefficient (Wildman–Crippen LogP) is 3.08. The van der Waals surface area contributed by atoms with Crippen molar-refractivity contribution < 1.29 is 8.42 Å². The van der Waals surface area contributed by atoms with E-state index in [1.165, 1.54) is 12.1 Å². The Kier molecular flexibility index (Phi) is 4.90. The van der Waals surface area contributed by atoms with Gasteiger partial charge in [0.15, 0.2) is 0 Å². The number of para-hydroxylation sites is 1. The highest BCUT2D eigenvalue weighted by Gasteiger charge is 2.13. The molecule has 1 heterocycles. The predicted molar refractivity (Wildman–Crippen MR) is 94.3 cm³/mol. The third kappa shape index (κ3) is 3.79. The Labute approximate surface area is 144 Å². The molecule has 0 saturated carbocycles. The molecule has 0 atom stereocenters. The van der Waals surface area contributed by atoms with Crippen LogP contribution >= 0.6 is 11.3 Å². The molecular formula is C17H15N3O2S2. The van der Waals surface area contributed by atoms with Crippen molar-refractivity contribution in [2.45, 2.75) is 17.7 Å². The van der Waals surface area contributed by atoms with Crippen molar-refractivity contribution in [2.75, 3.05) is 6.54 Å². The lowest BCUT2D eigenvalue weighted by Crippen LogP contribution is -2.25. The van der Waals surface area contributed by atoms with Gasteiger partial charge in [0.1, 0.15) is 0 Å². The second-order valence-corrected chi connectivity index (χ2v) is 8.10. The van der Waals surface area contributed by atoms with E-state index in [4.69, 9.17) is 5.26 Å². The molecule has 7 heteroatoms. The van der Waals surface area contributed by atoms with Crippen molar-refractivity contribution in [1.29, 1.82) is 5.26 Å². The number of aromatic nitrogens is 1. The summed E-state index contributed by atoms with van der Waals surface area (Å²) in [6.45, 7) is 0.328. The molecule has 0 saturated heterocycles. The Morgan fingerprint density at radius 2 is 2.00 bits per heavy atom. The molecule has 0 aliphatic heterocycles. The standard InChI is InChI=1S/C17H15N3O2S2/c18-12-13-5-3-6-14(11-13)24(21,22)19-10-4-9-17-20-15-7-1-2-8-16(15)23-17/h1-3,5-8,11,19H,4,9-10H2. The molecule has 0 unspecified atom stereocenters. The lowest BCUT2D eigenvalue weighted by molar-refractivity contribution is 0.579. The average Bonchev–Trinajstić information content (AvgIpc) is 3.01. The molecule has 1 aromatic heterocycles. The van der Waals surface area contributed by atoms with Crippen LogP contribution in [0, 0.1) is 11.3 Å². The summed E-state index contributed by atoms with van der Waals surface area (Å²) < 4.78 is 28.1. The van der Waals surface area contributed by atoms with E-state index in [9.17, 15) is 8.42 Å². The van der Waals surface area contributed by atoms with Crippen molar-refractivity contribution >= 4 is 31.6 Å². The fourth-order valence-electron chi connectivity index (χ4n) is 2.29. The Morgan fingerprint density at radius 3 is 2.79 bits per heavy atom. The summed E-state index contributed by atoms with van der Waals surface area (Å²) in [4.78, 5) is 4.65. The van der Waals surface area contributed by atoms with Crippen molar-refractivity contribution in [3.05, 3.63) is 59.1 Å². The van der Waals surface area contributed by atoms with Gasteiger partial charge >= 0.3 is 0 Å². The lowest BCUT2D eigenvalue weighted by Gasteiger charge is -2.06. The number of nitriles is 1. The molecule has 0 aliphatic carbocycles. The van der Waals surface area contributed by atoms with Gasteiger partial charge in [-0.3, -0.25) is 0 Å². The first kappa shape index (κ1) is 16.6. The molecule has 3 aromatic rings. The van der Waals surface area contributed by atoms with Crippen LogP contribution < -0.4 is 4.72 Å². The topological polar surface area (TPSA) is 82.8 Å². The van der Waals surface area contributed by atoms with Gasteiger partial charge in [0.05, 0.1) is 31.8 Å². The molecule has 0 fully saturated rings. The van der Waals surface area contributed by atoms with Gasteiger partial charge < -0.3 is 0 Å². The second kappa shape index (κ2) is 7.09. The summed E-state index contributed by atoms with van der Waals surface area (Å²) in [7, 11) is -3.59. The Morgan fingerprint density at radius 1 is 1.17 bits per heavy atom. The number of rotatable bonds is 6. The fourth-order valence-corrected chi connectivity index (χ4v) is 4.42. The number of hydrogen-bond donors (Lipinski definition) is 1. The Balaban J connectivity index is 1.58. The van der Waals surface area contributed by atoms with Gasteiger partial charge in [-0.25, -0.2) is 18.1 Å². The van der Waals surface area contributed by atoms with Crippen LogP contribution in [0.4, 0.5) is 0 Å². The largest absolute Gasteiger partial charge is 0.241 e. The Bertz CT molecular complexity index is 971. The minimum absolute atomic E-state index is 0.113. The Hall–Kier alpha value is -2.27. The number of nitrogens with one attached hydrogen (secondary N) is 1. The van der Waals surface area contributed by atoms with Gasteiger partial charge in [-0.2, -0.15) is 5.26 Å². The summed E-state index contributed by atoms with van der Waals surface area (Å²) in [5.74, 6) is 0. The van der Waals surface area contributed by atoms with E-state index in [2.05, 4.69) is 9.71 Å². The molecule has 122 valence electrons. The minimum Gasteiger partial charge on any atom is -0.241 e. The van der Waals surface area contributed by atoms with Gasteiger partial charge in [-0.1, -0.05) is 18.2 Å². The summed E-state index contributed by atoms with van der Waals surface area (Å²) >= 11 is 1.63. The normalized spacial score (nSPS) is 11.5. The molecule has 24 heavy (non-hydrogen) atoms. The van der Waals surface area contributed by atoms with Crippen molar-refractivity contribution in [2.24, 2.45) is 0 Å². The third-order valence-corrected chi connectivity index (χ3v) is 6.03. The fraction of sp³-hybridized carbons (Fsp3) is 0.176. The van der Waals surface area contributed by atoms with Crippen LogP contribution in [0.2, 0.25) is 0 Å². The molecule has 1 N–H and O–H groups in total. The molecule has 0 amide bonds. The number of thiazole rings is 1. The zero-order valence-electron chi connectivity index (χ0n) is 12.8. The molecule has 0 bridgehead atoms. The molecule has 5 nitrogen and oxygen atoms in total. The zero-order valence-corrected chi connectivity index (χ0v) is 14.4. The van der Waals surface area contributed by atoms with E-state index >= 15 is 0 Å². The minimum atomic E-state index is -3.59. The van der Waals surface area contributed by atoms with E-state index in [0.29, 0.717) is 18.5 Å². The van der Waals surface area contributed by atoms with Crippen molar-refractivity contribution in [3.8, 4) is 6.07 Å². The van der Waals surface area contributed by atoms with E-state index in [1.54, 1.807) is 23.5 Å². The zero-order chi connectivity index (χ0) is 17.0. The van der Waals surface area contributed by atoms with Crippen LogP contribution in [-0.2, 0) is 16.4 Å². The maximum absolute atomic E-state index is 12.2. The maximum Gasteiger partial charge on any atom is 0.240 e. The van der Waals surface area contributed by atoms with Gasteiger partial charge in [-0.05, 0) is 36.8 Å². The number of sulfonamides is 1. The molecule has 2 aromatic carbocycles. The van der Waals surface area contributed by atoms with Crippen LogP contribution in [0.25, 0.3) is 10.2 Å². The van der Waals surface area contributed by atoms with Crippen LogP contribution in [0.3, 0.4) is 0 Å². The van der Waals surface area contributed by atoms with Gasteiger partial charge in [0.25, 0.3) is 0 Å². The third-order valence-electron chi connectivity index (χ3n) is 3.47. The van der Waals surface area contributed by atoms with E-state index in [-0.39, 0.29) is 4.90 Å². The molecule has 0 spiro atoms. The van der Waals surface area contributed by atoms with Crippen LogP contribution in [0.1, 0.15) is 17.0 Å². The molecule has 0 radical (unpaired) electrons. The highest BCUT2D eigenvalue weighted by atomic mass is 32.2. The number of nitrogens with zero attached hydrogens (tertiary/aromatic N) is 2. The molecule has 3 rings (SSSR count). The first-order valence-electron chi connectivity index (χ1n) is 7.43. The lowest BCUT2D eigenvalue weighted by atomic mass is 10.2. The number of fused-ring (bicyclic) bond motifs is 1. The smallest absolute Gasteiger partial charge is 0.240 e. The first-order valence-corrected chi connectivity index (χ1v) is 9.73. The summed E-state index contributed by atoms with van der Waals surface area (Å²) in [6, 6.07) is 15.9. The van der Waals surface area contributed by atoms with Crippen LogP contribution in [0.5, 0.6) is 0 Å². The number of benzene rings is 2. The summed E-state index contributed by atoms with van der Waals surface area (Å²) in [5, 5.41) is 9.86. The van der Waals surface area contributed by atoms with E-state index in [1.807, 2.05) is 30.3 Å². The van der Waals surface area contributed by atoms with Gasteiger partial charge in [0, 0.05) is 13.0 Å². The highest BCUT2D eigenvalue weighted by Crippen LogP contribution is 2.22. The monoisotopic (exact) mass is 357 g/mol. The summed E-state index contributed by atoms with van der Waals surface area (Å²) in [5.41, 5.74) is 1.30. The molecule has 0 aliphatic rings. The average molecular weight is 357 g/mol. The van der Waals surface area contributed by atoms with Gasteiger partial charge in [0.2, 0.25) is 10.0 Å². The first-order chi connectivity index (χ1) is 11.6. The van der Waals surface area contributed by atoms with Crippen LogP contribution in [0.15, 0.2) is 53.4 Å². The highest BCUT2D eigenvalue weighted by molar-refractivity contribution is 7.89. The molecular weight excluding hydrogens is 342 g/mol. The van der Waals surface area contributed by atoms with E-state index in [0.717, 1.165) is 21.6 Å². The second-order valence-electron chi connectivity index (χ2n) is 5.22. The number of hydrogen-bond acceptors (Lipinski definition) is 5. The van der Waals surface area contributed by atoms with E-state index < -0.39 is 10.0 Å². The summed E-state index contributed by atoms with van der Waals surface area (Å²) in [6.07, 6.45) is 1.39. The van der Waals surface area contributed by atoms with Crippen molar-refractivity contribution in [1.82, 2.24) is 9.71 Å².